The zero-order valence-electron chi connectivity index (χ0n) is 40.6. The van der Waals surface area contributed by atoms with E-state index in [1.807, 2.05) is 58.1 Å². The van der Waals surface area contributed by atoms with Crippen LogP contribution in [0, 0.1) is 35.5 Å². The van der Waals surface area contributed by atoms with Crippen LogP contribution in [-0.2, 0) is 47.7 Å². The monoisotopic (exact) mass is 914 g/mol. The Morgan fingerprint density at radius 1 is 0.846 bits per heavy atom. The van der Waals surface area contributed by atoms with Crippen LogP contribution in [0.4, 0.5) is 0 Å². The number of aliphatic hydroxyl groups is 3. The van der Waals surface area contributed by atoms with Crippen molar-refractivity contribution in [1.82, 2.24) is 4.90 Å². The van der Waals surface area contributed by atoms with Crippen LogP contribution in [0.25, 0.3) is 0 Å². The number of carbonyl (C=O) groups is 5. The second-order valence-electron chi connectivity index (χ2n) is 19.6. The van der Waals surface area contributed by atoms with Crippen LogP contribution < -0.4 is 0 Å². The number of allylic oxidation sites excluding steroid dienone is 6. The van der Waals surface area contributed by atoms with Crippen molar-refractivity contribution in [1.29, 1.82) is 0 Å². The Hall–Kier alpha value is -3.37. The number of Topliss-reactive ketones (excluding diaryl/α,β-unsaturated/α-hetero) is 3. The number of hydrogen-bond donors (Lipinski definition) is 3. The van der Waals surface area contributed by atoms with Gasteiger partial charge in [0.2, 0.25) is 5.79 Å². The first kappa shape index (κ1) is 54.2. The molecular formula is C51H79NO13. The number of piperidine rings is 1. The summed E-state index contributed by atoms with van der Waals surface area (Å²) in [7, 11) is 4.52. The lowest BCUT2D eigenvalue weighted by Gasteiger charge is -2.42. The molecule has 2 bridgehead atoms. The molecule has 14 nitrogen and oxygen atoms in total. The summed E-state index contributed by atoms with van der Waals surface area (Å²) in [6.45, 7) is 12.7. The van der Waals surface area contributed by atoms with Crippen LogP contribution in [-0.4, -0.2) is 132 Å². The zero-order valence-corrected chi connectivity index (χ0v) is 40.6. The maximum Gasteiger partial charge on any atom is 0.329 e. The van der Waals surface area contributed by atoms with Gasteiger partial charge in [0.15, 0.2) is 5.78 Å². The number of fused-ring (bicyclic) bond motifs is 3. The molecule has 0 radical (unpaired) electrons. The quantitative estimate of drug-likeness (QED) is 0.156. The van der Waals surface area contributed by atoms with Gasteiger partial charge in [-0.3, -0.25) is 19.2 Å². The van der Waals surface area contributed by atoms with Crippen LogP contribution in [0.1, 0.15) is 126 Å². The maximum atomic E-state index is 14.4. The van der Waals surface area contributed by atoms with E-state index in [0.717, 1.165) is 12.0 Å². The van der Waals surface area contributed by atoms with Gasteiger partial charge in [-0.05, 0) is 107 Å². The van der Waals surface area contributed by atoms with Gasteiger partial charge < -0.3 is 43.9 Å². The summed E-state index contributed by atoms with van der Waals surface area (Å²) >= 11 is 0. The second-order valence-corrected chi connectivity index (χ2v) is 19.6. The van der Waals surface area contributed by atoms with Crippen LogP contribution in [0.5, 0.6) is 0 Å². The molecule has 0 aromatic heterocycles. The number of aliphatic hydroxyl groups excluding tert-OH is 2. The van der Waals surface area contributed by atoms with E-state index in [1.165, 1.54) is 12.0 Å². The maximum absolute atomic E-state index is 14.4. The first-order chi connectivity index (χ1) is 30.7. The molecule has 3 fully saturated rings. The Bertz CT molecular complexity index is 1760. The Morgan fingerprint density at radius 2 is 1.57 bits per heavy atom. The number of esters is 1. The number of nitrogens with zero attached hydrogens (tertiary/aromatic N) is 1. The summed E-state index contributed by atoms with van der Waals surface area (Å²) in [5.41, 5.74) is 1.27. The number of ketones is 3. The zero-order chi connectivity index (χ0) is 48.2. The van der Waals surface area contributed by atoms with E-state index in [-0.39, 0.29) is 54.8 Å². The normalized spacial score (nSPS) is 40.4. The third kappa shape index (κ3) is 14.3. The van der Waals surface area contributed by atoms with E-state index in [4.69, 9.17) is 23.7 Å². The lowest BCUT2D eigenvalue weighted by atomic mass is 9.78. The predicted octanol–water partition coefficient (Wildman–Crippen LogP) is 6.18. The molecule has 14 heteroatoms. The van der Waals surface area contributed by atoms with Gasteiger partial charge in [-0.15, -0.1) is 0 Å². The van der Waals surface area contributed by atoms with Gasteiger partial charge in [0, 0.05) is 58.5 Å². The number of amides is 1. The molecule has 2 saturated heterocycles. The van der Waals surface area contributed by atoms with Crippen molar-refractivity contribution in [2.75, 3.05) is 27.9 Å². The molecular weight excluding hydrogens is 835 g/mol. The lowest BCUT2D eigenvalue weighted by molar-refractivity contribution is -0.265. The van der Waals surface area contributed by atoms with Crippen molar-refractivity contribution < 1.29 is 63.0 Å². The van der Waals surface area contributed by atoms with Gasteiger partial charge in [-0.25, -0.2) is 4.79 Å². The van der Waals surface area contributed by atoms with Gasteiger partial charge in [0.05, 0.1) is 24.4 Å². The Labute approximate surface area is 387 Å². The highest BCUT2D eigenvalue weighted by atomic mass is 16.6. The molecule has 15 atom stereocenters. The van der Waals surface area contributed by atoms with Crippen molar-refractivity contribution in [2.45, 2.75) is 180 Å². The summed E-state index contributed by atoms with van der Waals surface area (Å²) in [4.78, 5) is 71.8. The number of rotatable bonds is 6. The molecule has 1 aliphatic carbocycles. The van der Waals surface area contributed by atoms with Gasteiger partial charge in [-0.2, -0.15) is 0 Å². The number of methoxy groups -OCH3 is 3. The molecule has 0 aromatic carbocycles. The van der Waals surface area contributed by atoms with Crippen molar-refractivity contribution in [3.05, 3.63) is 47.6 Å². The highest BCUT2D eigenvalue weighted by Crippen LogP contribution is 2.38. The average molecular weight is 914 g/mol. The minimum Gasteiger partial charge on any atom is -0.460 e. The fraction of sp³-hybridized carbons (Fsp3) is 0.745. The topological polar surface area (TPSA) is 195 Å². The largest absolute Gasteiger partial charge is 0.460 e. The molecule has 3 N–H and O–H groups in total. The second kappa shape index (κ2) is 25.1. The van der Waals surface area contributed by atoms with E-state index in [1.54, 1.807) is 41.1 Å². The Balaban J connectivity index is 1.70. The molecule has 366 valence electrons. The third-order valence-corrected chi connectivity index (χ3v) is 14.5. The van der Waals surface area contributed by atoms with Crippen molar-refractivity contribution in [3.8, 4) is 0 Å². The first-order valence-corrected chi connectivity index (χ1v) is 23.9. The van der Waals surface area contributed by atoms with Crippen LogP contribution >= 0.6 is 0 Å². The molecule has 65 heavy (non-hydrogen) atoms. The molecule has 3 heterocycles. The highest BCUT2D eigenvalue weighted by molar-refractivity contribution is 6.39. The van der Waals surface area contributed by atoms with E-state index in [9.17, 15) is 39.3 Å². The SMILES string of the molecule is CO[C@H]1C[C@@H]2CC[C@@H](C)[C@@](O)(O2)C(=O)C(=O)N2CCCC[C@H]2C(=O)O[C@H]([C@H](C)C[C@@H]2CC[C@@H](O)[C@H](OC)C2)CC(=O)[C@H](C)/C=C(\C)C(O)[C@@H](OC)C(=O)[C@H](C)C[C@H](C)/C=C/C=C/C=C/1C. The Kier molecular flexibility index (Phi) is 21.0. The standard InChI is InChI=1S/C51H79NO13/c1-30-16-12-11-13-17-31(2)42(61-8)28-38-21-19-36(7)51(60,65-38)48(57)49(58)52-23-15-14-18-39(52)50(59)64-43(33(4)26-37-20-22-40(53)44(27-37)62-9)29-41(54)32(3)25-35(6)46(56)47(63-10)45(55)34(5)24-30/h11-13,16-17,25,30,32-34,36-40,42-44,46-47,53,56,60H,14-15,18-24,26-29H2,1-10H3/b13-11+,16-12+,31-17+,35-25+/t30-,32-,33-,34-,36-,37+,38+,39+,40-,42+,43+,44-,46?,47+,51-/m1/s1. The fourth-order valence-corrected chi connectivity index (χ4v) is 10.1. The summed E-state index contributed by atoms with van der Waals surface area (Å²) in [5, 5.41) is 33.8. The fourth-order valence-electron chi connectivity index (χ4n) is 10.1. The molecule has 0 spiro atoms. The number of hydrogen-bond acceptors (Lipinski definition) is 13. The number of ether oxygens (including phenoxy) is 5. The molecule has 4 aliphatic rings. The summed E-state index contributed by atoms with van der Waals surface area (Å²) in [6.07, 6.45) is 11.2. The van der Waals surface area contributed by atoms with E-state index < -0.39 is 83.9 Å². The molecule has 1 amide bonds. The minimum absolute atomic E-state index is 0.0193. The van der Waals surface area contributed by atoms with Crippen LogP contribution in [0.2, 0.25) is 0 Å². The van der Waals surface area contributed by atoms with Crippen molar-refractivity contribution >= 4 is 29.2 Å². The van der Waals surface area contributed by atoms with Crippen LogP contribution in [0.15, 0.2) is 47.6 Å². The molecule has 0 aromatic rings. The number of carbonyl (C=O) groups excluding carboxylic acids is 5. The number of cyclic esters (lactones) is 1. The third-order valence-electron chi connectivity index (χ3n) is 14.5. The first-order valence-electron chi connectivity index (χ1n) is 23.9. The van der Waals surface area contributed by atoms with Crippen molar-refractivity contribution in [3.63, 3.8) is 0 Å². The van der Waals surface area contributed by atoms with Gasteiger partial charge in [0.1, 0.15) is 30.1 Å². The van der Waals surface area contributed by atoms with Crippen LogP contribution in [0.3, 0.4) is 0 Å². The highest BCUT2D eigenvalue weighted by Gasteiger charge is 2.53. The summed E-state index contributed by atoms with van der Waals surface area (Å²) < 4.78 is 29.4. The molecule has 1 saturated carbocycles. The lowest BCUT2D eigenvalue weighted by Crippen LogP contribution is -2.61. The molecule has 4 rings (SSSR count). The molecule has 3 aliphatic heterocycles. The molecule has 1 unspecified atom stereocenters. The van der Waals surface area contributed by atoms with Gasteiger partial charge in [0.25, 0.3) is 11.7 Å². The summed E-state index contributed by atoms with van der Waals surface area (Å²) in [6, 6.07) is -1.14. The summed E-state index contributed by atoms with van der Waals surface area (Å²) in [5.74, 6) is -7.96. The Morgan fingerprint density at radius 3 is 2.25 bits per heavy atom. The van der Waals surface area contributed by atoms with Crippen molar-refractivity contribution in [2.24, 2.45) is 35.5 Å². The van der Waals surface area contributed by atoms with Gasteiger partial charge in [-0.1, -0.05) is 71.1 Å². The predicted molar refractivity (Wildman–Crippen MR) is 245 cm³/mol. The smallest absolute Gasteiger partial charge is 0.329 e. The van der Waals surface area contributed by atoms with E-state index in [0.29, 0.717) is 63.4 Å². The van der Waals surface area contributed by atoms with E-state index in [2.05, 4.69) is 0 Å². The van der Waals surface area contributed by atoms with Gasteiger partial charge >= 0.3 is 5.97 Å². The minimum atomic E-state index is -2.43. The average Bonchev–Trinajstić information content (AvgIpc) is 3.28. The van der Waals surface area contributed by atoms with E-state index >= 15 is 0 Å².